The lowest BCUT2D eigenvalue weighted by molar-refractivity contribution is 0.0684. The lowest BCUT2D eigenvalue weighted by Crippen LogP contribution is -2.39. The van der Waals surface area contributed by atoms with E-state index in [4.69, 9.17) is 0 Å². The van der Waals surface area contributed by atoms with Crippen LogP contribution >= 0.6 is 0 Å². The highest BCUT2D eigenvalue weighted by Crippen LogP contribution is 2.36. The van der Waals surface area contributed by atoms with E-state index in [0.717, 1.165) is 24.9 Å². The second-order valence-corrected chi connectivity index (χ2v) is 6.24. The fraction of sp³-hybridized carbons (Fsp3) is 0.588. The first kappa shape index (κ1) is 13.6. The van der Waals surface area contributed by atoms with Crippen molar-refractivity contribution in [1.29, 1.82) is 0 Å². The van der Waals surface area contributed by atoms with E-state index in [1.54, 1.807) is 6.07 Å². The number of carbonyl (C=O) groups excluding carboxylic acids is 1. The van der Waals surface area contributed by atoms with Gasteiger partial charge in [-0.1, -0.05) is 18.9 Å². The first-order chi connectivity index (χ1) is 9.66. The minimum atomic E-state index is -0.382. The van der Waals surface area contributed by atoms with Crippen LogP contribution in [0.4, 0.5) is 4.39 Å². The third-order valence-electron chi connectivity index (χ3n) is 4.86. The van der Waals surface area contributed by atoms with Gasteiger partial charge in [-0.25, -0.2) is 4.39 Å². The van der Waals surface area contributed by atoms with Crippen LogP contribution in [0.5, 0.6) is 0 Å². The highest BCUT2D eigenvalue weighted by molar-refractivity contribution is 5.95. The summed E-state index contributed by atoms with van der Waals surface area (Å²) in [5.41, 5.74) is 1.09. The van der Waals surface area contributed by atoms with Crippen LogP contribution in [0.15, 0.2) is 18.2 Å². The number of rotatable bonds is 2. The van der Waals surface area contributed by atoms with Crippen LogP contribution in [-0.4, -0.2) is 23.4 Å². The Bertz CT molecular complexity index is 508. The summed E-state index contributed by atoms with van der Waals surface area (Å²) in [6.07, 6.45) is 7.16. The predicted octanol–water partition coefficient (Wildman–Crippen LogP) is 3.93. The number of aryl methyl sites for hydroxylation is 1. The van der Waals surface area contributed by atoms with Gasteiger partial charge in [0.25, 0.3) is 5.91 Å². The van der Waals surface area contributed by atoms with Crippen LogP contribution in [0.2, 0.25) is 0 Å². The third-order valence-corrected chi connectivity index (χ3v) is 4.86. The lowest BCUT2D eigenvalue weighted by atomic mass is 9.95. The average Bonchev–Trinajstić information content (AvgIpc) is 3.09. The molecule has 2 aliphatic rings. The first-order valence-corrected chi connectivity index (χ1v) is 7.74. The summed E-state index contributed by atoms with van der Waals surface area (Å²) in [7, 11) is 0. The minimum Gasteiger partial charge on any atom is -0.335 e. The molecule has 1 aromatic rings. The van der Waals surface area contributed by atoms with Crippen LogP contribution < -0.4 is 0 Å². The SMILES string of the molecule is Cc1ccc(C(=O)N2CCCC2C2CCCC2)c(F)c1. The maximum absolute atomic E-state index is 14.0. The Labute approximate surface area is 120 Å². The molecule has 1 aliphatic heterocycles. The second kappa shape index (κ2) is 5.55. The highest BCUT2D eigenvalue weighted by atomic mass is 19.1. The standard InChI is InChI=1S/C17H22FNO/c1-12-8-9-14(15(18)11-12)17(20)19-10-4-7-16(19)13-5-2-3-6-13/h8-9,11,13,16H,2-7,10H2,1H3. The maximum Gasteiger partial charge on any atom is 0.257 e. The first-order valence-electron chi connectivity index (χ1n) is 7.74. The van der Waals surface area contributed by atoms with E-state index in [2.05, 4.69) is 0 Å². The highest BCUT2D eigenvalue weighted by Gasteiger charge is 2.36. The molecule has 1 heterocycles. The zero-order chi connectivity index (χ0) is 14.1. The van der Waals surface area contributed by atoms with Gasteiger partial charge in [-0.15, -0.1) is 0 Å². The molecule has 1 saturated heterocycles. The third kappa shape index (κ3) is 2.46. The summed E-state index contributed by atoms with van der Waals surface area (Å²) in [6, 6.07) is 5.24. The number of halogens is 1. The van der Waals surface area contributed by atoms with Crippen LogP contribution in [0, 0.1) is 18.7 Å². The summed E-state index contributed by atoms with van der Waals surface area (Å²) in [5.74, 6) is 0.138. The van der Waals surface area contributed by atoms with Crippen LogP contribution in [0.25, 0.3) is 0 Å². The van der Waals surface area contributed by atoms with Crippen molar-refractivity contribution in [2.24, 2.45) is 5.92 Å². The molecule has 1 atom stereocenters. The molecule has 1 unspecified atom stereocenters. The molecule has 20 heavy (non-hydrogen) atoms. The molecule has 3 heteroatoms. The molecule has 0 spiro atoms. The number of amides is 1. The van der Waals surface area contributed by atoms with E-state index in [-0.39, 0.29) is 17.3 Å². The molecule has 0 N–H and O–H groups in total. The van der Waals surface area contributed by atoms with Crippen molar-refractivity contribution in [2.45, 2.75) is 51.5 Å². The molecule has 2 fully saturated rings. The van der Waals surface area contributed by atoms with Gasteiger partial charge in [0.05, 0.1) is 5.56 Å². The Morgan fingerprint density at radius 3 is 2.65 bits per heavy atom. The minimum absolute atomic E-state index is 0.114. The molecule has 1 amide bonds. The van der Waals surface area contributed by atoms with E-state index in [1.807, 2.05) is 17.9 Å². The molecule has 1 aliphatic carbocycles. The van der Waals surface area contributed by atoms with Gasteiger partial charge < -0.3 is 4.90 Å². The summed E-state index contributed by atoms with van der Waals surface area (Å²) in [5, 5.41) is 0. The maximum atomic E-state index is 14.0. The van der Waals surface area contributed by atoms with Crippen molar-refractivity contribution in [1.82, 2.24) is 4.90 Å². The smallest absolute Gasteiger partial charge is 0.257 e. The monoisotopic (exact) mass is 275 g/mol. The molecule has 0 aromatic heterocycles. The van der Waals surface area contributed by atoms with Crippen LogP contribution in [0.3, 0.4) is 0 Å². The van der Waals surface area contributed by atoms with Gasteiger partial charge >= 0.3 is 0 Å². The van der Waals surface area contributed by atoms with Gasteiger partial charge in [0.1, 0.15) is 5.82 Å². The summed E-state index contributed by atoms with van der Waals surface area (Å²) in [4.78, 5) is 14.6. The Kier molecular flexibility index (Phi) is 3.77. The van der Waals surface area contributed by atoms with Gasteiger partial charge in [-0.3, -0.25) is 4.79 Å². The normalized spacial score (nSPS) is 23.5. The zero-order valence-corrected chi connectivity index (χ0v) is 12.1. The molecule has 2 nitrogen and oxygen atoms in total. The molecule has 1 aromatic carbocycles. The average molecular weight is 275 g/mol. The van der Waals surface area contributed by atoms with Gasteiger partial charge in [-0.2, -0.15) is 0 Å². The van der Waals surface area contributed by atoms with Crippen molar-refractivity contribution in [3.8, 4) is 0 Å². The van der Waals surface area contributed by atoms with E-state index >= 15 is 0 Å². The number of benzene rings is 1. The number of likely N-dealkylation sites (tertiary alicyclic amines) is 1. The van der Waals surface area contributed by atoms with Crippen molar-refractivity contribution in [3.05, 3.63) is 35.1 Å². The number of hydrogen-bond donors (Lipinski definition) is 0. The molecular weight excluding hydrogens is 253 g/mol. The Morgan fingerprint density at radius 2 is 1.95 bits per heavy atom. The quantitative estimate of drug-likeness (QED) is 0.801. The van der Waals surface area contributed by atoms with Crippen molar-refractivity contribution < 1.29 is 9.18 Å². The van der Waals surface area contributed by atoms with Crippen molar-refractivity contribution in [2.75, 3.05) is 6.54 Å². The van der Waals surface area contributed by atoms with Gasteiger partial charge in [0.15, 0.2) is 0 Å². The molecule has 0 bridgehead atoms. The fourth-order valence-corrected chi connectivity index (χ4v) is 3.83. The summed E-state index contributed by atoms with van der Waals surface area (Å²) in [6.45, 7) is 2.63. The van der Waals surface area contributed by atoms with E-state index in [0.29, 0.717) is 12.0 Å². The number of carbonyl (C=O) groups is 1. The number of nitrogens with zero attached hydrogens (tertiary/aromatic N) is 1. The summed E-state index contributed by atoms with van der Waals surface area (Å²) >= 11 is 0. The molecule has 3 rings (SSSR count). The zero-order valence-electron chi connectivity index (χ0n) is 12.1. The molecule has 108 valence electrons. The largest absolute Gasteiger partial charge is 0.335 e. The molecular formula is C17H22FNO. The van der Waals surface area contributed by atoms with Crippen LogP contribution in [0.1, 0.15) is 54.4 Å². The Balaban J connectivity index is 1.81. The van der Waals surface area contributed by atoms with Gasteiger partial charge in [0.2, 0.25) is 0 Å². The summed E-state index contributed by atoms with van der Waals surface area (Å²) < 4.78 is 14.0. The molecule has 1 saturated carbocycles. The van der Waals surface area contributed by atoms with E-state index < -0.39 is 0 Å². The lowest BCUT2D eigenvalue weighted by Gasteiger charge is -2.29. The fourth-order valence-electron chi connectivity index (χ4n) is 3.83. The Morgan fingerprint density at radius 1 is 1.20 bits per heavy atom. The number of hydrogen-bond acceptors (Lipinski definition) is 1. The van der Waals surface area contributed by atoms with E-state index in [1.165, 1.54) is 31.7 Å². The molecule has 0 radical (unpaired) electrons. The van der Waals surface area contributed by atoms with Gasteiger partial charge in [0, 0.05) is 12.6 Å². The van der Waals surface area contributed by atoms with E-state index in [9.17, 15) is 9.18 Å². The second-order valence-electron chi connectivity index (χ2n) is 6.24. The van der Waals surface area contributed by atoms with Gasteiger partial charge in [-0.05, 0) is 56.2 Å². The van der Waals surface area contributed by atoms with Crippen molar-refractivity contribution >= 4 is 5.91 Å². The van der Waals surface area contributed by atoms with Crippen molar-refractivity contribution in [3.63, 3.8) is 0 Å². The van der Waals surface area contributed by atoms with Crippen LogP contribution in [-0.2, 0) is 0 Å². The Hall–Kier alpha value is -1.38. The predicted molar refractivity (Wildman–Crippen MR) is 77.2 cm³/mol. The topological polar surface area (TPSA) is 20.3 Å².